The molecule has 0 fully saturated rings. The molecule has 0 aliphatic carbocycles. The quantitative estimate of drug-likeness (QED) is 0.847. The van der Waals surface area contributed by atoms with Crippen molar-refractivity contribution in [2.45, 2.75) is 32.9 Å². The van der Waals surface area contributed by atoms with Gasteiger partial charge >= 0.3 is 0 Å². The number of hydrogen-bond donors (Lipinski definition) is 1. The van der Waals surface area contributed by atoms with Crippen LogP contribution in [0.25, 0.3) is 0 Å². The monoisotopic (exact) mass is 291 g/mol. The molecule has 0 aliphatic rings. The Hall–Kier alpha value is -1.52. The summed E-state index contributed by atoms with van der Waals surface area (Å²) in [6.45, 7) is 5.16. The van der Waals surface area contributed by atoms with Crippen molar-refractivity contribution in [3.8, 4) is 11.5 Å². The molecule has 2 aromatic rings. The molecule has 3 nitrogen and oxygen atoms in total. The molecule has 1 aromatic heterocycles. The van der Waals surface area contributed by atoms with Gasteiger partial charge in [-0.25, -0.2) is 0 Å². The normalized spacial score (nSPS) is 12.2. The van der Waals surface area contributed by atoms with Gasteiger partial charge in [-0.1, -0.05) is 6.07 Å². The number of hydrogen-bond acceptors (Lipinski definition) is 4. The number of benzene rings is 1. The molecule has 108 valence electrons. The third kappa shape index (κ3) is 4.25. The maximum absolute atomic E-state index is 5.84. The van der Waals surface area contributed by atoms with E-state index in [1.54, 1.807) is 11.3 Å². The van der Waals surface area contributed by atoms with Crippen molar-refractivity contribution < 1.29 is 9.47 Å². The molecule has 0 spiro atoms. The second-order valence-corrected chi connectivity index (χ2v) is 5.60. The van der Waals surface area contributed by atoms with Gasteiger partial charge in [0.25, 0.3) is 0 Å². The maximum Gasteiger partial charge on any atom is 0.161 e. The Labute approximate surface area is 124 Å². The Morgan fingerprint density at radius 2 is 2.00 bits per heavy atom. The summed E-state index contributed by atoms with van der Waals surface area (Å²) in [5.74, 6) is 1.58. The average Bonchev–Trinajstić information content (AvgIpc) is 2.90. The van der Waals surface area contributed by atoms with Gasteiger partial charge < -0.3 is 15.2 Å². The highest BCUT2D eigenvalue weighted by Crippen LogP contribution is 2.29. The first kappa shape index (κ1) is 14.9. The van der Waals surface area contributed by atoms with Crippen LogP contribution < -0.4 is 15.2 Å². The Balaban J connectivity index is 2.10. The van der Waals surface area contributed by atoms with Crippen molar-refractivity contribution in [1.29, 1.82) is 0 Å². The van der Waals surface area contributed by atoms with Crippen LogP contribution in [0.5, 0.6) is 11.5 Å². The lowest BCUT2D eigenvalue weighted by atomic mass is 10.1. The lowest BCUT2D eigenvalue weighted by Gasteiger charge is -2.14. The third-order valence-electron chi connectivity index (χ3n) is 2.84. The zero-order valence-electron chi connectivity index (χ0n) is 12.0. The van der Waals surface area contributed by atoms with E-state index >= 15 is 0 Å². The van der Waals surface area contributed by atoms with Crippen LogP contribution in [0.4, 0.5) is 0 Å². The summed E-state index contributed by atoms with van der Waals surface area (Å²) in [6, 6.07) is 8.25. The zero-order chi connectivity index (χ0) is 14.4. The van der Waals surface area contributed by atoms with E-state index in [9.17, 15) is 0 Å². The van der Waals surface area contributed by atoms with Gasteiger partial charge in [-0.3, -0.25) is 0 Å². The molecule has 1 heterocycles. The van der Waals surface area contributed by atoms with Crippen LogP contribution in [0.2, 0.25) is 0 Å². The van der Waals surface area contributed by atoms with Crippen LogP contribution in [0.3, 0.4) is 0 Å². The van der Waals surface area contributed by atoms with Crippen molar-refractivity contribution in [3.63, 3.8) is 0 Å². The van der Waals surface area contributed by atoms with Gasteiger partial charge in [0.1, 0.15) is 6.61 Å². The number of ether oxygens (including phenoxy) is 2. The maximum atomic E-state index is 5.84. The molecule has 2 N–H and O–H groups in total. The lowest BCUT2D eigenvalue weighted by Crippen LogP contribution is -2.17. The molecule has 0 aliphatic heterocycles. The number of thiophene rings is 1. The van der Waals surface area contributed by atoms with Gasteiger partial charge in [0.2, 0.25) is 0 Å². The molecular formula is C16H21NO2S. The van der Waals surface area contributed by atoms with Gasteiger partial charge in [0.15, 0.2) is 11.5 Å². The molecule has 1 atom stereocenters. The zero-order valence-corrected chi connectivity index (χ0v) is 12.8. The summed E-state index contributed by atoms with van der Waals surface area (Å²) in [5, 5.41) is 4.14. The number of rotatable bonds is 7. The molecule has 0 amide bonds. The SMILES string of the molecule is CCOc1cc(CC(C)N)ccc1OCc1ccsc1. The molecule has 20 heavy (non-hydrogen) atoms. The van der Waals surface area contributed by atoms with Crippen LogP contribution in [0.1, 0.15) is 25.0 Å². The van der Waals surface area contributed by atoms with Crippen molar-refractivity contribution >= 4 is 11.3 Å². The van der Waals surface area contributed by atoms with Gasteiger partial charge in [0, 0.05) is 6.04 Å². The summed E-state index contributed by atoms with van der Waals surface area (Å²) >= 11 is 1.67. The third-order valence-corrected chi connectivity index (χ3v) is 3.57. The molecule has 0 saturated carbocycles. The molecule has 1 unspecified atom stereocenters. The van der Waals surface area contributed by atoms with E-state index in [0.717, 1.165) is 17.9 Å². The van der Waals surface area contributed by atoms with E-state index in [0.29, 0.717) is 13.2 Å². The minimum atomic E-state index is 0.141. The Morgan fingerprint density at radius 1 is 1.15 bits per heavy atom. The fraction of sp³-hybridized carbons (Fsp3) is 0.375. The van der Waals surface area contributed by atoms with E-state index in [2.05, 4.69) is 17.5 Å². The highest BCUT2D eigenvalue weighted by atomic mass is 32.1. The van der Waals surface area contributed by atoms with E-state index in [1.807, 2.05) is 31.4 Å². The second-order valence-electron chi connectivity index (χ2n) is 4.82. The smallest absolute Gasteiger partial charge is 0.161 e. The predicted octanol–water partition coefficient (Wildman–Crippen LogP) is 3.62. The van der Waals surface area contributed by atoms with Gasteiger partial charge in [0.05, 0.1) is 6.61 Å². The molecular weight excluding hydrogens is 270 g/mol. The molecule has 4 heteroatoms. The van der Waals surface area contributed by atoms with Crippen molar-refractivity contribution in [2.75, 3.05) is 6.61 Å². The first-order valence-corrected chi connectivity index (χ1v) is 7.78. The average molecular weight is 291 g/mol. The molecule has 1 aromatic carbocycles. The first-order chi connectivity index (χ1) is 9.69. The predicted molar refractivity (Wildman–Crippen MR) is 83.6 cm³/mol. The summed E-state index contributed by atoms with van der Waals surface area (Å²) in [4.78, 5) is 0. The van der Waals surface area contributed by atoms with Crippen LogP contribution in [-0.4, -0.2) is 12.6 Å². The molecule has 0 radical (unpaired) electrons. The van der Waals surface area contributed by atoms with Crippen LogP contribution >= 0.6 is 11.3 Å². The molecule has 0 saturated heterocycles. The van der Waals surface area contributed by atoms with Gasteiger partial charge in [-0.05, 0) is 60.4 Å². The van der Waals surface area contributed by atoms with Crippen LogP contribution in [0, 0.1) is 0 Å². The second kappa shape index (κ2) is 7.31. The summed E-state index contributed by atoms with van der Waals surface area (Å²) < 4.78 is 11.5. The highest BCUT2D eigenvalue weighted by molar-refractivity contribution is 7.07. The minimum Gasteiger partial charge on any atom is -0.490 e. The van der Waals surface area contributed by atoms with Crippen LogP contribution in [-0.2, 0) is 13.0 Å². The molecule has 0 bridgehead atoms. The Morgan fingerprint density at radius 3 is 2.65 bits per heavy atom. The summed E-state index contributed by atoms with van der Waals surface area (Å²) in [7, 11) is 0. The number of nitrogens with two attached hydrogens (primary N) is 1. The van der Waals surface area contributed by atoms with E-state index < -0.39 is 0 Å². The van der Waals surface area contributed by atoms with Crippen molar-refractivity contribution in [3.05, 3.63) is 46.2 Å². The highest BCUT2D eigenvalue weighted by Gasteiger charge is 2.08. The van der Waals surface area contributed by atoms with Crippen molar-refractivity contribution in [1.82, 2.24) is 0 Å². The fourth-order valence-corrected chi connectivity index (χ4v) is 2.63. The largest absolute Gasteiger partial charge is 0.490 e. The van der Waals surface area contributed by atoms with E-state index in [-0.39, 0.29) is 6.04 Å². The van der Waals surface area contributed by atoms with Crippen molar-refractivity contribution in [2.24, 2.45) is 5.73 Å². The van der Waals surface area contributed by atoms with E-state index in [4.69, 9.17) is 15.2 Å². The first-order valence-electron chi connectivity index (χ1n) is 6.84. The fourth-order valence-electron chi connectivity index (χ4n) is 1.97. The van der Waals surface area contributed by atoms with Gasteiger partial charge in [-0.2, -0.15) is 11.3 Å². The van der Waals surface area contributed by atoms with Crippen LogP contribution in [0.15, 0.2) is 35.0 Å². The Kier molecular flexibility index (Phi) is 5.44. The molecule has 2 rings (SSSR count). The Bertz CT molecular complexity index is 523. The summed E-state index contributed by atoms with van der Waals surface area (Å²) in [5.41, 5.74) is 8.19. The topological polar surface area (TPSA) is 44.5 Å². The van der Waals surface area contributed by atoms with E-state index in [1.165, 1.54) is 11.1 Å². The summed E-state index contributed by atoms with van der Waals surface area (Å²) in [6.07, 6.45) is 0.838. The van der Waals surface area contributed by atoms with Gasteiger partial charge in [-0.15, -0.1) is 0 Å². The lowest BCUT2D eigenvalue weighted by molar-refractivity contribution is 0.269. The minimum absolute atomic E-state index is 0.141. The standard InChI is InChI=1S/C16H21NO2S/c1-3-18-16-9-13(8-12(2)17)4-5-15(16)19-10-14-6-7-20-11-14/h4-7,9,11-12H,3,8,10,17H2,1-2H3.